The molecule has 1 amide bonds. The number of fused-ring (bicyclic) bond motifs is 1. The summed E-state index contributed by atoms with van der Waals surface area (Å²) in [6.07, 6.45) is 0. The van der Waals surface area contributed by atoms with E-state index in [4.69, 9.17) is 9.47 Å². The first-order valence-corrected chi connectivity index (χ1v) is 14.1. The van der Waals surface area contributed by atoms with Crippen molar-refractivity contribution in [3.63, 3.8) is 0 Å². The minimum atomic E-state index is -3.83. The Morgan fingerprint density at radius 2 is 1.64 bits per heavy atom. The summed E-state index contributed by atoms with van der Waals surface area (Å²) < 4.78 is 64.9. The van der Waals surface area contributed by atoms with E-state index in [1.807, 2.05) is 13.0 Å². The lowest BCUT2D eigenvalue weighted by molar-refractivity contribution is -0.114. The van der Waals surface area contributed by atoms with Crippen LogP contribution in [0.4, 0.5) is 17.1 Å². The topological polar surface area (TPSA) is 131 Å². The molecule has 0 spiro atoms. The second-order valence-corrected chi connectivity index (χ2v) is 11.9. The second-order valence-electron chi connectivity index (χ2n) is 7.99. The van der Waals surface area contributed by atoms with Gasteiger partial charge in [-0.2, -0.15) is 0 Å². The maximum atomic E-state index is 12.7. The molecule has 4 rings (SSSR count). The standard InChI is InChI=1S/C24H25N3O7S2/c1-3-35(29,30)27(20-9-12-22-23(14-20)34-16-33-22)15-24(28)25-18-7-10-21(11-8-18)36(31,32)26-19-6-4-5-17(2)13-19/h4-14,26H,3,15-16H2,1-2H3,(H,25,28). The molecule has 1 aliphatic rings. The molecule has 3 aromatic rings. The predicted octanol–water partition coefficient (Wildman–Crippen LogP) is 3.32. The van der Waals surface area contributed by atoms with E-state index in [1.165, 1.54) is 43.3 Å². The molecule has 1 aliphatic heterocycles. The van der Waals surface area contributed by atoms with Gasteiger partial charge < -0.3 is 14.8 Å². The number of hydrogen-bond donors (Lipinski definition) is 2. The third kappa shape index (κ3) is 5.71. The van der Waals surface area contributed by atoms with Crippen molar-refractivity contribution < 1.29 is 31.1 Å². The van der Waals surface area contributed by atoms with E-state index in [2.05, 4.69) is 10.0 Å². The summed E-state index contributed by atoms with van der Waals surface area (Å²) in [6, 6.07) is 17.2. The fraction of sp³-hybridized carbons (Fsp3) is 0.208. The van der Waals surface area contributed by atoms with Crippen molar-refractivity contribution in [2.45, 2.75) is 18.7 Å². The molecule has 1 heterocycles. The van der Waals surface area contributed by atoms with Crippen LogP contribution in [0, 0.1) is 6.92 Å². The number of carbonyl (C=O) groups excluding carboxylic acids is 1. The molecule has 10 nitrogen and oxygen atoms in total. The SMILES string of the molecule is CCS(=O)(=O)N(CC(=O)Nc1ccc(S(=O)(=O)Nc2cccc(C)c2)cc1)c1ccc2c(c1)OCO2. The van der Waals surface area contributed by atoms with E-state index in [-0.39, 0.29) is 23.1 Å². The number of amides is 1. The van der Waals surface area contributed by atoms with Gasteiger partial charge in [0.1, 0.15) is 6.54 Å². The van der Waals surface area contributed by atoms with Crippen LogP contribution in [0.1, 0.15) is 12.5 Å². The minimum absolute atomic E-state index is 0.0116. The fourth-order valence-corrected chi connectivity index (χ4v) is 5.63. The Labute approximate surface area is 209 Å². The van der Waals surface area contributed by atoms with Crippen LogP contribution in [-0.2, 0) is 24.8 Å². The molecule has 0 fully saturated rings. The highest BCUT2D eigenvalue weighted by molar-refractivity contribution is 7.93. The first-order valence-electron chi connectivity index (χ1n) is 11.0. The molecule has 0 unspecified atom stereocenters. The van der Waals surface area contributed by atoms with Crippen molar-refractivity contribution in [3.8, 4) is 11.5 Å². The Kier molecular flexibility index (Phi) is 7.09. The zero-order valence-electron chi connectivity index (χ0n) is 19.6. The van der Waals surface area contributed by atoms with Crippen LogP contribution >= 0.6 is 0 Å². The number of benzene rings is 3. The average Bonchev–Trinajstić information content (AvgIpc) is 3.30. The Morgan fingerprint density at radius 1 is 0.917 bits per heavy atom. The third-order valence-electron chi connectivity index (χ3n) is 5.35. The Hall–Kier alpha value is -3.77. The highest BCUT2D eigenvalue weighted by Crippen LogP contribution is 2.36. The highest BCUT2D eigenvalue weighted by atomic mass is 32.2. The van der Waals surface area contributed by atoms with Crippen molar-refractivity contribution in [3.05, 3.63) is 72.3 Å². The van der Waals surface area contributed by atoms with Gasteiger partial charge in [0.25, 0.3) is 10.0 Å². The molecule has 36 heavy (non-hydrogen) atoms. The van der Waals surface area contributed by atoms with Crippen LogP contribution in [0.5, 0.6) is 11.5 Å². The van der Waals surface area contributed by atoms with Gasteiger partial charge in [0, 0.05) is 17.4 Å². The number of anilines is 3. The first-order chi connectivity index (χ1) is 17.1. The van der Waals surface area contributed by atoms with Crippen LogP contribution < -0.4 is 23.8 Å². The summed E-state index contributed by atoms with van der Waals surface area (Å²) in [7, 11) is -7.62. The molecule has 0 saturated carbocycles. The van der Waals surface area contributed by atoms with Gasteiger partial charge in [-0.15, -0.1) is 0 Å². The Morgan fingerprint density at radius 3 is 2.33 bits per heavy atom. The van der Waals surface area contributed by atoms with Gasteiger partial charge in [-0.3, -0.25) is 13.8 Å². The molecular formula is C24H25N3O7S2. The number of carbonyl (C=O) groups is 1. The zero-order chi connectivity index (χ0) is 25.9. The lowest BCUT2D eigenvalue weighted by Gasteiger charge is -2.23. The number of hydrogen-bond acceptors (Lipinski definition) is 7. The van der Waals surface area contributed by atoms with Crippen molar-refractivity contribution in [2.75, 3.05) is 33.4 Å². The molecule has 0 aliphatic carbocycles. The first kappa shape index (κ1) is 25.3. The second kappa shape index (κ2) is 10.1. The monoisotopic (exact) mass is 531 g/mol. The predicted molar refractivity (Wildman–Crippen MR) is 136 cm³/mol. The smallest absolute Gasteiger partial charge is 0.261 e. The van der Waals surface area contributed by atoms with Gasteiger partial charge in [-0.1, -0.05) is 12.1 Å². The molecule has 0 saturated heterocycles. The summed E-state index contributed by atoms with van der Waals surface area (Å²) in [6.45, 7) is 2.89. The van der Waals surface area contributed by atoms with E-state index in [9.17, 15) is 21.6 Å². The highest BCUT2D eigenvalue weighted by Gasteiger charge is 2.26. The molecule has 0 atom stereocenters. The van der Waals surface area contributed by atoms with E-state index < -0.39 is 32.5 Å². The van der Waals surface area contributed by atoms with Crippen LogP contribution in [0.15, 0.2) is 71.6 Å². The van der Waals surface area contributed by atoms with Gasteiger partial charge >= 0.3 is 0 Å². The molecule has 2 N–H and O–H groups in total. The van der Waals surface area contributed by atoms with E-state index >= 15 is 0 Å². The quantitative estimate of drug-likeness (QED) is 0.433. The van der Waals surface area contributed by atoms with Gasteiger partial charge in [0.05, 0.1) is 16.3 Å². The fourth-order valence-electron chi connectivity index (χ4n) is 3.52. The molecule has 0 aromatic heterocycles. The molecule has 12 heteroatoms. The van der Waals surface area contributed by atoms with Gasteiger partial charge in [-0.25, -0.2) is 16.8 Å². The van der Waals surface area contributed by atoms with Gasteiger partial charge in [0.15, 0.2) is 11.5 Å². The van der Waals surface area contributed by atoms with Gasteiger partial charge in [-0.05, 0) is 67.9 Å². The van der Waals surface area contributed by atoms with E-state index in [0.29, 0.717) is 22.9 Å². The number of nitrogens with one attached hydrogen (secondary N) is 2. The Bertz CT molecular complexity index is 1490. The van der Waals surface area contributed by atoms with Crippen LogP contribution in [-0.4, -0.2) is 41.8 Å². The van der Waals surface area contributed by atoms with E-state index in [0.717, 1.165) is 9.87 Å². The largest absolute Gasteiger partial charge is 0.454 e. The van der Waals surface area contributed by atoms with Crippen molar-refractivity contribution >= 4 is 43.0 Å². The summed E-state index contributed by atoms with van der Waals surface area (Å²) in [4.78, 5) is 12.8. The normalized spacial score (nSPS) is 12.7. The molecular weight excluding hydrogens is 506 g/mol. The van der Waals surface area contributed by atoms with Crippen molar-refractivity contribution in [1.29, 1.82) is 0 Å². The number of nitrogens with zero attached hydrogens (tertiary/aromatic N) is 1. The third-order valence-corrected chi connectivity index (χ3v) is 8.49. The van der Waals surface area contributed by atoms with Crippen LogP contribution in [0.25, 0.3) is 0 Å². The van der Waals surface area contributed by atoms with Crippen molar-refractivity contribution in [1.82, 2.24) is 0 Å². The lowest BCUT2D eigenvalue weighted by Crippen LogP contribution is -2.39. The minimum Gasteiger partial charge on any atom is -0.454 e. The lowest BCUT2D eigenvalue weighted by atomic mass is 10.2. The maximum Gasteiger partial charge on any atom is 0.261 e. The summed E-state index contributed by atoms with van der Waals surface area (Å²) in [5.74, 6) is 0.0670. The number of rotatable bonds is 9. The van der Waals surface area contributed by atoms with Crippen LogP contribution in [0.3, 0.4) is 0 Å². The summed E-state index contributed by atoms with van der Waals surface area (Å²) in [5, 5.41) is 2.61. The van der Waals surface area contributed by atoms with Gasteiger partial charge in [0.2, 0.25) is 22.7 Å². The van der Waals surface area contributed by atoms with E-state index in [1.54, 1.807) is 24.3 Å². The average molecular weight is 532 g/mol. The molecule has 0 bridgehead atoms. The number of ether oxygens (including phenoxy) is 2. The van der Waals surface area contributed by atoms with Crippen molar-refractivity contribution in [2.24, 2.45) is 0 Å². The zero-order valence-corrected chi connectivity index (χ0v) is 21.2. The number of aryl methyl sites for hydroxylation is 1. The molecule has 190 valence electrons. The van der Waals surface area contributed by atoms with Crippen LogP contribution in [0.2, 0.25) is 0 Å². The maximum absolute atomic E-state index is 12.7. The number of sulfonamides is 2. The molecule has 3 aromatic carbocycles. The Balaban J connectivity index is 1.47. The summed E-state index contributed by atoms with van der Waals surface area (Å²) in [5.41, 5.74) is 1.93. The molecule has 0 radical (unpaired) electrons. The summed E-state index contributed by atoms with van der Waals surface area (Å²) >= 11 is 0.